The van der Waals surface area contributed by atoms with E-state index in [1.807, 2.05) is 30.3 Å². The Morgan fingerprint density at radius 1 is 1.05 bits per heavy atom. The highest BCUT2D eigenvalue weighted by molar-refractivity contribution is 8.18. The summed E-state index contributed by atoms with van der Waals surface area (Å²) in [5.41, 5.74) is 1.79. The highest BCUT2D eigenvalue weighted by Gasteiger charge is 2.34. The van der Waals surface area contributed by atoms with Crippen LogP contribution in [0.4, 0.5) is 4.79 Å². The van der Waals surface area contributed by atoms with Crippen molar-refractivity contribution in [3.63, 3.8) is 0 Å². The molecular weight excluding hydrogens is 284 g/mol. The van der Waals surface area contributed by atoms with Gasteiger partial charge in [-0.1, -0.05) is 30.3 Å². The molecule has 0 radical (unpaired) electrons. The molecule has 4 nitrogen and oxygen atoms in total. The molecule has 1 fully saturated rings. The maximum atomic E-state index is 12.3. The Kier molecular flexibility index (Phi) is 3.83. The summed E-state index contributed by atoms with van der Waals surface area (Å²) in [6.07, 6.45) is 5.03. The first kappa shape index (κ1) is 13.6. The van der Waals surface area contributed by atoms with Gasteiger partial charge in [0, 0.05) is 12.4 Å². The summed E-state index contributed by atoms with van der Waals surface area (Å²) in [4.78, 5) is 30.0. The van der Waals surface area contributed by atoms with E-state index in [0.29, 0.717) is 11.4 Å². The first-order valence-corrected chi connectivity index (χ1v) is 7.25. The van der Waals surface area contributed by atoms with Crippen LogP contribution in [0, 0.1) is 0 Å². The van der Waals surface area contributed by atoms with Gasteiger partial charge in [0.2, 0.25) is 0 Å². The number of carbonyl (C=O) groups is 2. The fourth-order valence-electron chi connectivity index (χ4n) is 2.01. The number of hydrogen-bond acceptors (Lipinski definition) is 4. The summed E-state index contributed by atoms with van der Waals surface area (Å²) < 4.78 is 0. The Bertz CT molecular complexity index is 699. The largest absolute Gasteiger partial charge is 0.293 e. The molecule has 5 heteroatoms. The van der Waals surface area contributed by atoms with Crippen LogP contribution < -0.4 is 0 Å². The Labute approximate surface area is 126 Å². The van der Waals surface area contributed by atoms with Gasteiger partial charge in [0.05, 0.1) is 11.4 Å². The van der Waals surface area contributed by atoms with Gasteiger partial charge in [-0.15, -0.1) is 0 Å². The SMILES string of the molecule is O=C1S/C(=C/c2ccncc2)C(=O)N1Cc1ccccc1. The van der Waals surface area contributed by atoms with Gasteiger partial charge in [-0.05, 0) is 41.1 Å². The Hall–Kier alpha value is -2.40. The zero-order chi connectivity index (χ0) is 14.7. The predicted molar refractivity (Wildman–Crippen MR) is 82.2 cm³/mol. The number of pyridine rings is 1. The fourth-order valence-corrected chi connectivity index (χ4v) is 2.85. The number of imide groups is 1. The molecule has 0 spiro atoms. The molecule has 0 bridgehead atoms. The molecule has 0 atom stereocenters. The first-order valence-electron chi connectivity index (χ1n) is 6.43. The quantitative estimate of drug-likeness (QED) is 0.815. The lowest BCUT2D eigenvalue weighted by Crippen LogP contribution is -2.27. The van der Waals surface area contributed by atoms with Crippen LogP contribution in [0.15, 0.2) is 59.8 Å². The van der Waals surface area contributed by atoms with Crippen LogP contribution in [0.3, 0.4) is 0 Å². The van der Waals surface area contributed by atoms with E-state index in [4.69, 9.17) is 0 Å². The summed E-state index contributed by atoms with van der Waals surface area (Å²) in [7, 11) is 0. The number of benzene rings is 1. The molecule has 1 aliphatic rings. The highest BCUT2D eigenvalue weighted by Crippen LogP contribution is 2.33. The lowest BCUT2D eigenvalue weighted by Gasteiger charge is -2.12. The molecular formula is C16H12N2O2S. The van der Waals surface area contributed by atoms with Gasteiger partial charge in [-0.2, -0.15) is 0 Å². The van der Waals surface area contributed by atoms with E-state index in [9.17, 15) is 9.59 Å². The molecule has 1 aromatic carbocycles. The lowest BCUT2D eigenvalue weighted by atomic mass is 10.2. The summed E-state index contributed by atoms with van der Waals surface area (Å²) in [6.45, 7) is 0.305. The second-order valence-electron chi connectivity index (χ2n) is 4.53. The minimum atomic E-state index is -0.245. The van der Waals surface area contributed by atoms with E-state index in [2.05, 4.69) is 4.98 Å². The van der Waals surface area contributed by atoms with Crippen LogP contribution in [0.2, 0.25) is 0 Å². The molecule has 0 saturated carbocycles. The van der Waals surface area contributed by atoms with Crippen molar-refractivity contribution >= 4 is 29.0 Å². The molecule has 0 unspecified atom stereocenters. The third-order valence-electron chi connectivity index (χ3n) is 3.06. The normalized spacial score (nSPS) is 16.8. The highest BCUT2D eigenvalue weighted by atomic mass is 32.2. The summed E-state index contributed by atoms with van der Waals surface area (Å²) in [5, 5.41) is -0.232. The van der Waals surface area contributed by atoms with Crippen molar-refractivity contribution in [3.05, 3.63) is 70.9 Å². The maximum absolute atomic E-state index is 12.3. The van der Waals surface area contributed by atoms with Crippen LogP contribution in [0.1, 0.15) is 11.1 Å². The Morgan fingerprint density at radius 2 is 1.76 bits per heavy atom. The molecule has 0 aliphatic carbocycles. The van der Waals surface area contributed by atoms with Crippen molar-refractivity contribution in [3.8, 4) is 0 Å². The Morgan fingerprint density at radius 3 is 2.48 bits per heavy atom. The van der Waals surface area contributed by atoms with Crippen LogP contribution >= 0.6 is 11.8 Å². The maximum Gasteiger partial charge on any atom is 0.293 e. The molecule has 2 amide bonds. The Balaban J connectivity index is 1.81. The number of aromatic nitrogens is 1. The summed E-state index contributed by atoms with van der Waals surface area (Å²) in [6, 6.07) is 13.1. The van der Waals surface area contributed by atoms with Crippen molar-refractivity contribution in [2.24, 2.45) is 0 Å². The summed E-state index contributed by atoms with van der Waals surface area (Å²) >= 11 is 0.974. The van der Waals surface area contributed by atoms with Crippen molar-refractivity contribution < 1.29 is 9.59 Å². The van der Waals surface area contributed by atoms with Gasteiger partial charge in [0.25, 0.3) is 11.1 Å². The van der Waals surface area contributed by atoms with E-state index >= 15 is 0 Å². The molecule has 2 aromatic rings. The number of carbonyl (C=O) groups excluding carboxylic acids is 2. The second kappa shape index (κ2) is 5.93. The second-order valence-corrected chi connectivity index (χ2v) is 5.53. The summed E-state index contributed by atoms with van der Waals surface area (Å²) in [5.74, 6) is -0.245. The molecule has 104 valence electrons. The van der Waals surface area contributed by atoms with Crippen LogP contribution in [0.25, 0.3) is 6.08 Å². The van der Waals surface area contributed by atoms with Crippen molar-refractivity contribution in [1.82, 2.24) is 9.88 Å². The predicted octanol–water partition coefficient (Wildman–Crippen LogP) is 3.32. The van der Waals surface area contributed by atoms with E-state index in [0.717, 1.165) is 22.9 Å². The molecule has 1 aliphatic heterocycles. The van der Waals surface area contributed by atoms with Gasteiger partial charge >= 0.3 is 0 Å². The molecule has 1 aromatic heterocycles. The standard InChI is InChI=1S/C16H12N2O2S/c19-15-14(10-12-6-8-17-9-7-12)21-16(20)18(15)11-13-4-2-1-3-5-13/h1-10H,11H2/b14-10+. The van der Waals surface area contributed by atoms with Gasteiger partial charge in [-0.3, -0.25) is 19.5 Å². The fraction of sp³-hybridized carbons (Fsp3) is 0.0625. The van der Waals surface area contributed by atoms with Gasteiger partial charge in [-0.25, -0.2) is 0 Å². The molecule has 3 rings (SSSR count). The average Bonchev–Trinajstić information content (AvgIpc) is 2.77. The number of thioether (sulfide) groups is 1. The smallest absolute Gasteiger partial charge is 0.268 e. The van der Waals surface area contributed by atoms with Crippen LogP contribution in [-0.2, 0) is 11.3 Å². The van der Waals surface area contributed by atoms with Crippen molar-refractivity contribution in [2.45, 2.75) is 6.54 Å². The van der Waals surface area contributed by atoms with E-state index in [1.165, 1.54) is 4.90 Å². The monoisotopic (exact) mass is 296 g/mol. The average molecular weight is 296 g/mol. The number of nitrogens with zero attached hydrogens (tertiary/aromatic N) is 2. The molecule has 1 saturated heterocycles. The first-order chi connectivity index (χ1) is 10.2. The van der Waals surface area contributed by atoms with Gasteiger partial charge in [0.1, 0.15) is 0 Å². The van der Waals surface area contributed by atoms with E-state index in [1.54, 1.807) is 30.6 Å². The lowest BCUT2D eigenvalue weighted by molar-refractivity contribution is -0.123. The topological polar surface area (TPSA) is 50.3 Å². The third kappa shape index (κ3) is 3.03. The third-order valence-corrected chi connectivity index (χ3v) is 3.97. The molecule has 0 N–H and O–H groups in total. The minimum absolute atomic E-state index is 0.232. The molecule has 21 heavy (non-hydrogen) atoms. The number of amides is 2. The van der Waals surface area contributed by atoms with E-state index < -0.39 is 0 Å². The van der Waals surface area contributed by atoms with Crippen LogP contribution in [0.5, 0.6) is 0 Å². The minimum Gasteiger partial charge on any atom is -0.268 e. The zero-order valence-corrected chi connectivity index (χ0v) is 11.9. The van der Waals surface area contributed by atoms with Crippen molar-refractivity contribution in [2.75, 3.05) is 0 Å². The van der Waals surface area contributed by atoms with E-state index in [-0.39, 0.29) is 11.1 Å². The van der Waals surface area contributed by atoms with Crippen LogP contribution in [-0.4, -0.2) is 21.0 Å². The van der Waals surface area contributed by atoms with Gasteiger partial charge < -0.3 is 0 Å². The molecule has 2 heterocycles. The number of hydrogen-bond donors (Lipinski definition) is 0. The van der Waals surface area contributed by atoms with Gasteiger partial charge in [0.15, 0.2) is 0 Å². The zero-order valence-electron chi connectivity index (χ0n) is 11.1. The van der Waals surface area contributed by atoms with Crippen molar-refractivity contribution in [1.29, 1.82) is 0 Å². The number of rotatable bonds is 3.